The van der Waals surface area contributed by atoms with Crippen LogP contribution in [0.5, 0.6) is 5.75 Å². The van der Waals surface area contributed by atoms with Crippen molar-refractivity contribution >= 4 is 34.2 Å². The van der Waals surface area contributed by atoms with E-state index in [9.17, 15) is 14.4 Å². The second kappa shape index (κ2) is 9.36. The molecule has 0 fully saturated rings. The standard InChI is InChI=1S/C22H20N2O5/c1-28-17-11-9-16(10-12-17)22(27)23-13-21(26)29-14-20(25)24-19-8-4-6-15-5-2-3-7-18(15)19/h2-12H,13-14H2,1H3,(H,23,27)(H,24,25). The number of methoxy groups -OCH3 is 1. The van der Waals surface area contributed by atoms with Crippen LogP contribution in [0.2, 0.25) is 0 Å². The van der Waals surface area contributed by atoms with Crippen LogP contribution in [-0.4, -0.2) is 38.0 Å². The van der Waals surface area contributed by atoms with Gasteiger partial charge in [0.15, 0.2) is 6.61 Å². The highest BCUT2D eigenvalue weighted by molar-refractivity contribution is 6.03. The molecule has 2 amide bonds. The number of amides is 2. The molecule has 0 aliphatic heterocycles. The number of ether oxygens (including phenoxy) is 2. The summed E-state index contributed by atoms with van der Waals surface area (Å²) in [6, 6.07) is 19.6. The Hall–Kier alpha value is -3.87. The van der Waals surface area contributed by atoms with E-state index in [4.69, 9.17) is 9.47 Å². The summed E-state index contributed by atoms with van der Waals surface area (Å²) in [6.45, 7) is -0.785. The van der Waals surface area contributed by atoms with Gasteiger partial charge in [0.1, 0.15) is 12.3 Å². The number of hydrogen-bond donors (Lipinski definition) is 2. The van der Waals surface area contributed by atoms with Crippen LogP contribution in [0.25, 0.3) is 10.8 Å². The maximum Gasteiger partial charge on any atom is 0.325 e. The van der Waals surface area contributed by atoms with E-state index in [1.165, 1.54) is 7.11 Å². The Bertz CT molecular complexity index is 1030. The molecule has 0 unspecified atom stereocenters. The number of fused-ring (bicyclic) bond motifs is 1. The smallest absolute Gasteiger partial charge is 0.325 e. The van der Waals surface area contributed by atoms with Crippen molar-refractivity contribution in [3.8, 4) is 5.75 Å². The van der Waals surface area contributed by atoms with Gasteiger partial charge in [-0.3, -0.25) is 14.4 Å². The number of nitrogens with one attached hydrogen (secondary N) is 2. The van der Waals surface area contributed by atoms with Gasteiger partial charge in [0, 0.05) is 16.6 Å². The van der Waals surface area contributed by atoms with Crippen LogP contribution in [0.15, 0.2) is 66.7 Å². The van der Waals surface area contributed by atoms with Crippen LogP contribution in [0, 0.1) is 0 Å². The van der Waals surface area contributed by atoms with Crippen molar-refractivity contribution in [3.63, 3.8) is 0 Å². The molecule has 0 atom stereocenters. The molecule has 7 nitrogen and oxygen atoms in total. The van der Waals surface area contributed by atoms with Crippen molar-refractivity contribution in [3.05, 3.63) is 72.3 Å². The number of carbonyl (C=O) groups excluding carboxylic acids is 3. The van der Waals surface area contributed by atoms with E-state index >= 15 is 0 Å². The molecule has 0 spiro atoms. The van der Waals surface area contributed by atoms with Crippen molar-refractivity contribution < 1.29 is 23.9 Å². The van der Waals surface area contributed by atoms with Crippen LogP contribution in [0.4, 0.5) is 5.69 Å². The molecule has 0 heterocycles. The van der Waals surface area contributed by atoms with Crippen molar-refractivity contribution in [2.24, 2.45) is 0 Å². The van der Waals surface area contributed by atoms with Gasteiger partial charge in [0.2, 0.25) is 0 Å². The molecule has 0 aromatic heterocycles. The van der Waals surface area contributed by atoms with Crippen LogP contribution in [0.3, 0.4) is 0 Å². The largest absolute Gasteiger partial charge is 0.497 e. The van der Waals surface area contributed by atoms with Crippen molar-refractivity contribution in [2.45, 2.75) is 0 Å². The average molecular weight is 392 g/mol. The van der Waals surface area contributed by atoms with Crippen molar-refractivity contribution in [1.29, 1.82) is 0 Å². The molecule has 0 radical (unpaired) electrons. The summed E-state index contributed by atoms with van der Waals surface area (Å²) >= 11 is 0. The molecular formula is C22H20N2O5. The van der Waals surface area contributed by atoms with E-state index in [0.29, 0.717) is 17.0 Å². The van der Waals surface area contributed by atoms with Crippen molar-refractivity contribution in [2.75, 3.05) is 25.6 Å². The summed E-state index contributed by atoms with van der Waals surface area (Å²) < 4.78 is 9.95. The second-order valence-corrected chi connectivity index (χ2v) is 6.15. The van der Waals surface area contributed by atoms with E-state index in [0.717, 1.165) is 10.8 Å². The van der Waals surface area contributed by atoms with Gasteiger partial charge in [-0.2, -0.15) is 0 Å². The molecule has 3 rings (SSSR count). The van der Waals surface area contributed by atoms with E-state index in [2.05, 4.69) is 10.6 Å². The first-order valence-electron chi connectivity index (χ1n) is 8.92. The van der Waals surface area contributed by atoms with E-state index in [1.54, 1.807) is 30.3 Å². The average Bonchev–Trinajstić information content (AvgIpc) is 2.76. The normalized spacial score (nSPS) is 10.2. The summed E-state index contributed by atoms with van der Waals surface area (Å²) in [5, 5.41) is 7.05. The number of hydrogen-bond acceptors (Lipinski definition) is 5. The van der Waals surface area contributed by atoms with Gasteiger partial charge < -0.3 is 20.1 Å². The van der Waals surface area contributed by atoms with Crippen LogP contribution < -0.4 is 15.4 Å². The highest BCUT2D eigenvalue weighted by atomic mass is 16.5. The zero-order valence-electron chi connectivity index (χ0n) is 15.8. The Morgan fingerprint density at radius 3 is 2.38 bits per heavy atom. The van der Waals surface area contributed by atoms with Gasteiger partial charge in [-0.05, 0) is 35.7 Å². The first kappa shape index (κ1) is 19.9. The molecule has 3 aromatic carbocycles. The molecule has 0 aliphatic rings. The maximum absolute atomic E-state index is 12.1. The SMILES string of the molecule is COc1ccc(C(=O)NCC(=O)OCC(=O)Nc2cccc3ccccc23)cc1. The summed E-state index contributed by atoms with van der Waals surface area (Å²) in [4.78, 5) is 35.9. The third-order valence-corrected chi connectivity index (χ3v) is 4.17. The van der Waals surface area contributed by atoms with Gasteiger partial charge in [0.05, 0.1) is 7.11 Å². The quantitative estimate of drug-likeness (QED) is 0.603. The zero-order valence-corrected chi connectivity index (χ0v) is 15.8. The number of esters is 1. The first-order chi connectivity index (χ1) is 14.1. The molecular weight excluding hydrogens is 372 g/mol. The lowest BCUT2D eigenvalue weighted by atomic mass is 10.1. The molecule has 2 N–H and O–H groups in total. The van der Waals surface area contributed by atoms with Crippen molar-refractivity contribution in [1.82, 2.24) is 5.32 Å². The molecule has 0 aliphatic carbocycles. The predicted octanol–water partition coefficient (Wildman–Crippen LogP) is 2.76. The minimum Gasteiger partial charge on any atom is -0.497 e. The number of benzene rings is 3. The topological polar surface area (TPSA) is 93.7 Å². The molecule has 3 aromatic rings. The molecule has 148 valence electrons. The predicted molar refractivity (Wildman–Crippen MR) is 109 cm³/mol. The molecule has 0 bridgehead atoms. The Morgan fingerprint density at radius 1 is 0.897 bits per heavy atom. The Kier molecular flexibility index (Phi) is 6.42. The van der Waals surface area contributed by atoms with Crippen LogP contribution in [0.1, 0.15) is 10.4 Å². The number of carbonyl (C=O) groups is 3. The first-order valence-corrected chi connectivity index (χ1v) is 8.92. The minimum atomic E-state index is -0.708. The second-order valence-electron chi connectivity index (χ2n) is 6.15. The Balaban J connectivity index is 1.46. The van der Waals surface area contributed by atoms with Gasteiger partial charge in [-0.25, -0.2) is 0 Å². The highest BCUT2D eigenvalue weighted by Crippen LogP contribution is 2.22. The highest BCUT2D eigenvalue weighted by Gasteiger charge is 2.12. The lowest BCUT2D eigenvalue weighted by Gasteiger charge is -2.10. The fourth-order valence-corrected chi connectivity index (χ4v) is 2.71. The zero-order chi connectivity index (χ0) is 20.6. The summed E-state index contributed by atoms with van der Waals surface area (Å²) in [6.07, 6.45) is 0. The lowest BCUT2D eigenvalue weighted by molar-refractivity contribution is -0.146. The Morgan fingerprint density at radius 2 is 1.62 bits per heavy atom. The van der Waals surface area contributed by atoms with E-state index < -0.39 is 24.4 Å². The molecule has 0 saturated carbocycles. The van der Waals surface area contributed by atoms with Gasteiger partial charge >= 0.3 is 5.97 Å². The minimum absolute atomic E-state index is 0.341. The van der Waals surface area contributed by atoms with E-state index in [1.807, 2.05) is 36.4 Å². The third-order valence-electron chi connectivity index (χ3n) is 4.17. The summed E-state index contributed by atoms with van der Waals surface area (Å²) in [5.41, 5.74) is 1.02. The fraction of sp³-hybridized carbons (Fsp3) is 0.136. The van der Waals surface area contributed by atoms with Gasteiger partial charge in [0.25, 0.3) is 11.8 Å². The lowest BCUT2D eigenvalue weighted by Crippen LogP contribution is -2.32. The summed E-state index contributed by atoms with van der Waals surface area (Å²) in [5.74, 6) is -0.973. The Labute approximate surface area is 167 Å². The van der Waals surface area contributed by atoms with Gasteiger partial charge in [-0.1, -0.05) is 36.4 Å². The molecule has 7 heteroatoms. The fourth-order valence-electron chi connectivity index (χ4n) is 2.71. The monoisotopic (exact) mass is 392 g/mol. The van der Waals surface area contributed by atoms with E-state index in [-0.39, 0.29) is 6.54 Å². The number of rotatable bonds is 7. The van der Waals surface area contributed by atoms with Crippen LogP contribution in [-0.2, 0) is 14.3 Å². The number of anilines is 1. The summed E-state index contributed by atoms with van der Waals surface area (Å²) in [7, 11) is 1.53. The van der Waals surface area contributed by atoms with Gasteiger partial charge in [-0.15, -0.1) is 0 Å². The third kappa shape index (κ3) is 5.32. The maximum atomic E-state index is 12.1. The molecule has 29 heavy (non-hydrogen) atoms. The van der Waals surface area contributed by atoms with Crippen LogP contribution >= 0.6 is 0 Å². The molecule has 0 saturated heterocycles.